The molecule has 0 unspecified atom stereocenters. The van der Waals surface area contributed by atoms with Crippen LogP contribution in [0.5, 0.6) is 0 Å². The third kappa shape index (κ3) is 2.55. The lowest BCUT2D eigenvalue weighted by Crippen LogP contribution is -1.91. The maximum Gasteiger partial charge on any atom is -0.00202 e. The van der Waals surface area contributed by atoms with Crippen LogP contribution in [0.15, 0.2) is 67.8 Å². The first-order valence-corrected chi connectivity index (χ1v) is 8.88. The van der Waals surface area contributed by atoms with Crippen LogP contribution < -0.4 is 0 Å². The Morgan fingerprint density at radius 1 is 0.640 bits per heavy atom. The van der Waals surface area contributed by atoms with E-state index >= 15 is 0 Å². The van der Waals surface area contributed by atoms with Gasteiger partial charge in [0.15, 0.2) is 0 Å². The Balaban J connectivity index is 0.000000880. The molecule has 0 radical (unpaired) electrons. The van der Waals surface area contributed by atoms with E-state index in [2.05, 4.69) is 74.7 Å². The molecule has 0 saturated heterocycles. The van der Waals surface area contributed by atoms with Crippen molar-refractivity contribution < 1.29 is 0 Å². The predicted octanol–water partition coefficient (Wildman–Crippen LogP) is 7.77. The summed E-state index contributed by atoms with van der Waals surface area (Å²) in [5.74, 6) is 0. The van der Waals surface area contributed by atoms with Gasteiger partial charge in [0, 0.05) is 0 Å². The minimum absolute atomic E-state index is 1.16. The molecular weight excluding hydrogens is 300 g/mol. The molecule has 0 aliphatic rings. The third-order valence-electron chi connectivity index (χ3n) is 4.73. The molecule has 4 rings (SSSR count). The van der Waals surface area contributed by atoms with Gasteiger partial charge >= 0.3 is 0 Å². The summed E-state index contributed by atoms with van der Waals surface area (Å²) in [6.07, 6.45) is 3.91. The van der Waals surface area contributed by atoms with Crippen molar-refractivity contribution in [2.24, 2.45) is 0 Å². The maximum atomic E-state index is 4.06. The lowest BCUT2D eigenvalue weighted by Gasteiger charge is -2.16. The molecule has 124 valence electrons. The summed E-state index contributed by atoms with van der Waals surface area (Å²) in [6.45, 7) is 14.3. The number of aryl methyl sites for hydroxylation is 1. The Morgan fingerprint density at radius 3 is 1.64 bits per heavy atom. The molecule has 0 atom stereocenters. The van der Waals surface area contributed by atoms with E-state index in [1.165, 1.54) is 43.4 Å². The molecule has 4 aromatic carbocycles. The van der Waals surface area contributed by atoms with Crippen LogP contribution in [0.2, 0.25) is 0 Å². The summed E-state index contributed by atoms with van der Waals surface area (Å²) >= 11 is 0. The van der Waals surface area contributed by atoms with E-state index in [0.717, 1.165) is 5.56 Å². The molecule has 0 amide bonds. The normalized spacial score (nSPS) is 10.5. The second-order valence-corrected chi connectivity index (χ2v) is 5.94. The Hall–Kier alpha value is -2.86. The Kier molecular flexibility index (Phi) is 4.72. The second-order valence-electron chi connectivity index (χ2n) is 5.94. The summed E-state index contributed by atoms with van der Waals surface area (Å²) < 4.78 is 0. The smallest absolute Gasteiger partial charge is 0.00202 e. The maximum absolute atomic E-state index is 4.06. The number of benzene rings is 4. The van der Waals surface area contributed by atoms with Crippen LogP contribution in [-0.2, 0) is 0 Å². The first-order chi connectivity index (χ1) is 12.3. The first-order valence-electron chi connectivity index (χ1n) is 8.88. The number of hydrogen-bond acceptors (Lipinski definition) is 0. The van der Waals surface area contributed by atoms with Crippen LogP contribution in [0.3, 0.4) is 0 Å². The molecule has 0 spiro atoms. The minimum Gasteiger partial charge on any atom is -0.0984 e. The van der Waals surface area contributed by atoms with Crippen LogP contribution in [0.1, 0.15) is 30.5 Å². The molecule has 0 saturated carbocycles. The summed E-state index contributed by atoms with van der Waals surface area (Å²) in [5.41, 5.74) is 3.63. The summed E-state index contributed by atoms with van der Waals surface area (Å²) in [4.78, 5) is 0. The zero-order valence-corrected chi connectivity index (χ0v) is 15.3. The van der Waals surface area contributed by atoms with Gasteiger partial charge in [0.2, 0.25) is 0 Å². The topological polar surface area (TPSA) is 0 Å². The second kappa shape index (κ2) is 6.94. The first kappa shape index (κ1) is 17.0. The number of hydrogen-bond donors (Lipinski definition) is 0. The highest BCUT2D eigenvalue weighted by Gasteiger charge is 2.13. The molecule has 0 aromatic heterocycles. The van der Waals surface area contributed by atoms with E-state index < -0.39 is 0 Å². The van der Waals surface area contributed by atoms with Crippen LogP contribution in [0.25, 0.3) is 44.5 Å². The third-order valence-corrected chi connectivity index (χ3v) is 4.73. The van der Waals surface area contributed by atoms with Gasteiger partial charge in [-0.25, -0.2) is 0 Å². The van der Waals surface area contributed by atoms with Crippen LogP contribution >= 0.6 is 0 Å². The Morgan fingerprint density at radius 2 is 1.08 bits per heavy atom. The van der Waals surface area contributed by atoms with Gasteiger partial charge in [-0.05, 0) is 55.9 Å². The lowest BCUT2D eigenvalue weighted by atomic mass is 9.87. The molecule has 25 heavy (non-hydrogen) atoms. The van der Waals surface area contributed by atoms with E-state index in [9.17, 15) is 0 Å². The Bertz CT molecular complexity index is 1100. The van der Waals surface area contributed by atoms with Crippen LogP contribution in [0.4, 0.5) is 0 Å². The van der Waals surface area contributed by atoms with Gasteiger partial charge in [-0.1, -0.05) is 93.8 Å². The molecule has 0 bridgehead atoms. The number of rotatable bonds is 2. The quantitative estimate of drug-likeness (QED) is 0.330. The highest BCUT2D eigenvalue weighted by atomic mass is 14.2. The predicted molar refractivity (Wildman–Crippen MR) is 115 cm³/mol. The summed E-state index contributed by atoms with van der Waals surface area (Å²) in [6, 6.07) is 19.5. The van der Waals surface area contributed by atoms with Crippen molar-refractivity contribution in [2.45, 2.75) is 20.8 Å². The largest absolute Gasteiger partial charge is 0.0984 e. The summed E-state index contributed by atoms with van der Waals surface area (Å²) in [5, 5.41) is 7.69. The molecule has 0 aliphatic carbocycles. The van der Waals surface area contributed by atoms with Gasteiger partial charge in [-0.2, -0.15) is 0 Å². The van der Waals surface area contributed by atoms with E-state index in [-0.39, 0.29) is 0 Å². The van der Waals surface area contributed by atoms with Crippen molar-refractivity contribution in [1.82, 2.24) is 0 Å². The van der Waals surface area contributed by atoms with Crippen molar-refractivity contribution in [3.8, 4) is 0 Å². The standard InChI is InChI=1S/C23H18.C2H6/c1-4-16-17(5-2)22-14-15(3)18-10-6-8-12-20(18)23(22)21-13-9-7-11-19(16)21;1-2/h4-14H,1-2H2,3H3;1-2H3. The molecule has 0 aliphatic heterocycles. The SMILES string of the molecule is C=Cc1c(C=C)c2cc(C)c3ccccc3c2c2ccccc12.CC. The zero-order chi connectivity index (χ0) is 18.0. The van der Waals surface area contributed by atoms with E-state index in [1.54, 1.807) is 0 Å². The monoisotopic (exact) mass is 324 g/mol. The average molecular weight is 324 g/mol. The molecule has 0 nitrogen and oxygen atoms in total. The average Bonchev–Trinajstić information content (AvgIpc) is 2.68. The van der Waals surface area contributed by atoms with Gasteiger partial charge in [-0.3, -0.25) is 0 Å². The van der Waals surface area contributed by atoms with E-state index in [0.29, 0.717) is 0 Å². The van der Waals surface area contributed by atoms with Crippen molar-refractivity contribution in [2.75, 3.05) is 0 Å². The molecule has 0 heteroatoms. The van der Waals surface area contributed by atoms with Gasteiger partial charge in [-0.15, -0.1) is 0 Å². The lowest BCUT2D eigenvalue weighted by molar-refractivity contribution is 1.50. The minimum atomic E-state index is 1.16. The van der Waals surface area contributed by atoms with Crippen molar-refractivity contribution in [1.29, 1.82) is 0 Å². The molecular formula is C25H24. The fourth-order valence-corrected chi connectivity index (χ4v) is 3.73. The fraction of sp³-hybridized carbons (Fsp3) is 0.120. The highest BCUT2D eigenvalue weighted by Crippen LogP contribution is 2.39. The Labute approximate surface area is 150 Å². The van der Waals surface area contributed by atoms with E-state index in [1.807, 2.05) is 26.0 Å². The van der Waals surface area contributed by atoms with Crippen molar-refractivity contribution in [3.63, 3.8) is 0 Å². The molecule has 0 N–H and O–H groups in total. The molecule has 0 heterocycles. The van der Waals surface area contributed by atoms with E-state index in [4.69, 9.17) is 0 Å². The van der Waals surface area contributed by atoms with Gasteiger partial charge < -0.3 is 0 Å². The fourth-order valence-electron chi connectivity index (χ4n) is 3.73. The van der Waals surface area contributed by atoms with Crippen molar-refractivity contribution >= 4 is 44.5 Å². The van der Waals surface area contributed by atoms with Crippen LogP contribution in [-0.4, -0.2) is 0 Å². The zero-order valence-electron chi connectivity index (χ0n) is 15.3. The van der Waals surface area contributed by atoms with Gasteiger partial charge in [0.05, 0.1) is 0 Å². The summed E-state index contributed by atoms with van der Waals surface area (Å²) in [7, 11) is 0. The van der Waals surface area contributed by atoms with Gasteiger partial charge in [0.1, 0.15) is 0 Å². The van der Waals surface area contributed by atoms with Gasteiger partial charge in [0.25, 0.3) is 0 Å². The number of fused-ring (bicyclic) bond motifs is 5. The van der Waals surface area contributed by atoms with Crippen molar-refractivity contribution in [3.05, 3.63) is 84.4 Å². The van der Waals surface area contributed by atoms with Crippen LogP contribution in [0, 0.1) is 6.92 Å². The molecule has 0 fully saturated rings. The molecule has 4 aromatic rings. The highest BCUT2D eigenvalue weighted by molar-refractivity contribution is 6.24.